The predicted octanol–water partition coefficient (Wildman–Crippen LogP) is 4.57. The molecule has 3 rings (SSSR count). The number of hydrogen-bond acceptors (Lipinski definition) is 2. The third-order valence-electron chi connectivity index (χ3n) is 4.10. The van der Waals surface area contributed by atoms with Gasteiger partial charge in [-0.1, -0.05) is 12.1 Å². The van der Waals surface area contributed by atoms with Gasteiger partial charge in [0.1, 0.15) is 0 Å². The Labute approximate surface area is 148 Å². The van der Waals surface area contributed by atoms with E-state index in [0.29, 0.717) is 0 Å². The van der Waals surface area contributed by atoms with Crippen LogP contribution in [0.15, 0.2) is 48.8 Å². The van der Waals surface area contributed by atoms with Crippen LogP contribution in [0.3, 0.4) is 0 Å². The smallest absolute Gasteiger partial charge is 0.348 e. The summed E-state index contributed by atoms with van der Waals surface area (Å²) in [5, 5.41) is 2.65. The maximum Gasteiger partial charge on any atom is 0.416 e. The van der Waals surface area contributed by atoms with Crippen molar-refractivity contribution in [2.45, 2.75) is 32.6 Å². The summed E-state index contributed by atoms with van der Waals surface area (Å²) in [7, 11) is 0. The molecule has 1 heterocycles. The molecule has 7 heteroatoms. The molecule has 1 N–H and O–H groups in total. The van der Waals surface area contributed by atoms with Crippen LogP contribution in [-0.2, 0) is 12.7 Å². The van der Waals surface area contributed by atoms with Crippen LogP contribution in [0.4, 0.5) is 13.2 Å². The van der Waals surface area contributed by atoms with Crippen LogP contribution in [0.2, 0.25) is 0 Å². The van der Waals surface area contributed by atoms with Gasteiger partial charge in [0.05, 0.1) is 22.9 Å². The number of rotatable bonds is 4. The van der Waals surface area contributed by atoms with E-state index >= 15 is 0 Å². The molecule has 4 nitrogen and oxygen atoms in total. The van der Waals surface area contributed by atoms with Crippen molar-refractivity contribution >= 4 is 16.9 Å². The Kier molecular flexibility index (Phi) is 4.71. The molecule has 0 atom stereocenters. The lowest BCUT2D eigenvalue weighted by atomic mass is 10.1. The monoisotopic (exact) mass is 361 g/mol. The van der Waals surface area contributed by atoms with Gasteiger partial charge in [-0.25, -0.2) is 4.98 Å². The highest BCUT2D eigenvalue weighted by molar-refractivity contribution is 5.94. The molecular formula is C19H18F3N3O. The first-order chi connectivity index (χ1) is 12.3. The van der Waals surface area contributed by atoms with Crippen LogP contribution in [0.1, 0.15) is 41.4 Å². The minimum atomic E-state index is -4.48. The molecular weight excluding hydrogens is 343 g/mol. The Morgan fingerprint density at radius 2 is 1.96 bits per heavy atom. The molecule has 0 aliphatic heterocycles. The normalized spacial score (nSPS) is 11.9. The number of carbonyl (C=O) groups is 1. The summed E-state index contributed by atoms with van der Waals surface area (Å²) < 4.78 is 40.3. The van der Waals surface area contributed by atoms with Gasteiger partial charge >= 0.3 is 6.18 Å². The minimum Gasteiger partial charge on any atom is -0.348 e. The molecule has 3 aromatic rings. The van der Waals surface area contributed by atoms with Gasteiger partial charge in [-0.15, -0.1) is 0 Å². The van der Waals surface area contributed by atoms with Gasteiger partial charge in [0.2, 0.25) is 0 Å². The Morgan fingerprint density at radius 3 is 2.65 bits per heavy atom. The Morgan fingerprint density at radius 1 is 1.19 bits per heavy atom. The van der Waals surface area contributed by atoms with Crippen molar-refractivity contribution in [2.75, 3.05) is 0 Å². The summed E-state index contributed by atoms with van der Waals surface area (Å²) in [5.74, 6) is -0.552. The molecule has 0 spiro atoms. The van der Waals surface area contributed by atoms with E-state index in [2.05, 4.69) is 24.1 Å². The SMILES string of the molecule is CC(C)n1cnc2cc(CNC(=O)c3cccc(C(F)(F)F)c3)ccc21. The van der Waals surface area contributed by atoms with Gasteiger partial charge in [-0.3, -0.25) is 4.79 Å². The second-order valence-electron chi connectivity index (χ2n) is 6.33. The van der Waals surface area contributed by atoms with E-state index in [1.54, 1.807) is 6.33 Å². The van der Waals surface area contributed by atoms with E-state index in [1.807, 2.05) is 22.8 Å². The molecule has 0 unspecified atom stereocenters. The molecule has 0 fully saturated rings. The van der Waals surface area contributed by atoms with E-state index in [4.69, 9.17) is 0 Å². The van der Waals surface area contributed by atoms with Crippen molar-refractivity contribution in [2.24, 2.45) is 0 Å². The second kappa shape index (κ2) is 6.82. The number of nitrogens with zero attached hydrogens (tertiary/aromatic N) is 2. The number of aromatic nitrogens is 2. The zero-order valence-corrected chi connectivity index (χ0v) is 14.3. The average molecular weight is 361 g/mol. The molecule has 2 aromatic carbocycles. The number of carbonyl (C=O) groups excluding carboxylic acids is 1. The van der Waals surface area contributed by atoms with Crippen LogP contribution < -0.4 is 5.32 Å². The van der Waals surface area contributed by atoms with Crippen molar-refractivity contribution in [1.29, 1.82) is 0 Å². The van der Waals surface area contributed by atoms with Gasteiger partial charge in [-0.2, -0.15) is 13.2 Å². The topological polar surface area (TPSA) is 46.9 Å². The minimum absolute atomic E-state index is 0.0232. The Balaban J connectivity index is 1.73. The molecule has 0 radical (unpaired) electrons. The van der Waals surface area contributed by atoms with Gasteiger partial charge in [0.25, 0.3) is 5.91 Å². The van der Waals surface area contributed by atoms with E-state index in [1.165, 1.54) is 12.1 Å². The van der Waals surface area contributed by atoms with Crippen molar-refractivity contribution in [3.63, 3.8) is 0 Å². The summed E-state index contributed by atoms with van der Waals surface area (Å²) in [4.78, 5) is 16.5. The fourth-order valence-electron chi connectivity index (χ4n) is 2.72. The molecule has 1 aromatic heterocycles. The summed E-state index contributed by atoms with van der Waals surface area (Å²) in [6.45, 7) is 4.33. The first-order valence-electron chi connectivity index (χ1n) is 8.16. The quantitative estimate of drug-likeness (QED) is 0.740. The number of benzene rings is 2. The number of fused-ring (bicyclic) bond motifs is 1. The van der Waals surface area contributed by atoms with Crippen LogP contribution in [0, 0.1) is 0 Å². The fraction of sp³-hybridized carbons (Fsp3) is 0.263. The lowest BCUT2D eigenvalue weighted by molar-refractivity contribution is -0.137. The molecule has 136 valence electrons. The van der Waals surface area contributed by atoms with Crippen molar-refractivity contribution in [3.05, 3.63) is 65.5 Å². The third kappa shape index (κ3) is 3.71. The molecule has 0 bridgehead atoms. The second-order valence-corrected chi connectivity index (χ2v) is 6.33. The summed E-state index contributed by atoms with van der Waals surface area (Å²) in [6.07, 6.45) is -2.71. The van der Waals surface area contributed by atoms with Crippen molar-refractivity contribution < 1.29 is 18.0 Å². The fourth-order valence-corrected chi connectivity index (χ4v) is 2.72. The molecule has 0 aliphatic carbocycles. The predicted molar refractivity (Wildman–Crippen MR) is 92.7 cm³/mol. The van der Waals surface area contributed by atoms with Crippen LogP contribution in [0.25, 0.3) is 11.0 Å². The highest BCUT2D eigenvalue weighted by Gasteiger charge is 2.30. The van der Waals surface area contributed by atoms with Crippen LogP contribution >= 0.6 is 0 Å². The van der Waals surface area contributed by atoms with Gasteiger partial charge in [-0.05, 0) is 49.7 Å². The number of halogens is 3. The number of amides is 1. The molecule has 1 amide bonds. The van der Waals surface area contributed by atoms with Crippen LogP contribution in [-0.4, -0.2) is 15.5 Å². The highest BCUT2D eigenvalue weighted by Crippen LogP contribution is 2.29. The molecule has 26 heavy (non-hydrogen) atoms. The zero-order valence-electron chi connectivity index (χ0n) is 14.3. The first kappa shape index (κ1) is 18.0. The lowest BCUT2D eigenvalue weighted by Gasteiger charge is -2.10. The number of nitrogens with one attached hydrogen (secondary N) is 1. The summed E-state index contributed by atoms with van der Waals surface area (Å²) >= 11 is 0. The number of hydrogen-bond donors (Lipinski definition) is 1. The van der Waals surface area contributed by atoms with Crippen molar-refractivity contribution in [1.82, 2.24) is 14.9 Å². The Bertz CT molecular complexity index is 945. The number of alkyl halides is 3. The lowest BCUT2D eigenvalue weighted by Crippen LogP contribution is -2.23. The largest absolute Gasteiger partial charge is 0.416 e. The number of imidazole rings is 1. The highest BCUT2D eigenvalue weighted by atomic mass is 19.4. The average Bonchev–Trinajstić information content (AvgIpc) is 3.02. The van der Waals surface area contributed by atoms with Gasteiger partial charge in [0.15, 0.2) is 0 Å². The maximum atomic E-state index is 12.7. The van der Waals surface area contributed by atoms with E-state index in [0.717, 1.165) is 28.7 Å². The van der Waals surface area contributed by atoms with E-state index < -0.39 is 17.6 Å². The molecule has 0 saturated heterocycles. The van der Waals surface area contributed by atoms with Crippen LogP contribution in [0.5, 0.6) is 0 Å². The molecule has 0 aliphatic rings. The summed E-state index contributed by atoms with van der Waals surface area (Å²) in [6, 6.07) is 10.3. The summed E-state index contributed by atoms with van der Waals surface area (Å²) in [5.41, 5.74) is 1.76. The maximum absolute atomic E-state index is 12.7. The zero-order chi connectivity index (χ0) is 18.9. The van der Waals surface area contributed by atoms with Gasteiger partial charge < -0.3 is 9.88 Å². The Hall–Kier alpha value is -2.83. The first-order valence-corrected chi connectivity index (χ1v) is 8.16. The van der Waals surface area contributed by atoms with E-state index in [9.17, 15) is 18.0 Å². The third-order valence-corrected chi connectivity index (χ3v) is 4.10. The molecule has 0 saturated carbocycles. The van der Waals surface area contributed by atoms with E-state index in [-0.39, 0.29) is 18.2 Å². The van der Waals surface area contributed by atoms with Gasteiger partial charge in [0, 0.05) is 18.2 Å². The standard InChI is InChI=1S/C19H18F3N3O/c1-12(2)25-11-24-16-8-13(6-7-17(16)25)10-23-18(26)14-4-3-5-15(9-14)19(20,21)22/h3-9,11-12H,10H2,1-2H3,(H,23,26). The van der Waals surface area contributed by atoms with Crippen molar-refractivity contribution in [3.8, 4) is 0 Å².